The summed E-state index contributed by atoms with van der Waals surface area (Å²) in [7, 11) is -2.11. The summed E-state index contributed by atoms with van der Waals surface area (Å²) in [5.41, 5.74) is -4.09. The minimum Gasteiger partial charge on any atom is -0.494 e. The largest absolute Gasteiger partial charge is 0.494 e. The average molecular weight is 525 g/mol. The highest BCUT2D eigenvalue weighted by molar-refractivity contribution is 6.74. The first-order chi connectivity index (χ1) is 16.4. The number of alkyl halides is 3. The van der Waals surface area contributed by atoms with Crippen LogP contribution in [0.5, 0.6) is 11.8 Å². The predicted octanol–water partition coefficient (Wildman–Crippen LogP) is 5.40. The number of aromatic hydroxyl groups is 2. The number of fused-ring (bicyclic) bond motifs is 5. The SMILES string of the molecule is CC(C)(C)[Si](C)(C)OCC[C@@]12C[C@@H](O)[C@@](C)(O1)c1c2c(O)n(-c2ccc(C#N)c(C(F)(F)F)c2)c1O. The van der Waals surface area contributed by atoms with Crippen molar-refractivity contribution in [2.45, 2.75) is 82.2 Å². The molecule has 2 bridgehead atoms. The van der Waals surface area contributed by atoms with E-state index in [-0.39, 0.29) is 41.3 Å². The van der Waals surface area contributed by atoms with Crippen LogP contribution in [-0.2, 0) is 26.5 Å². The van der Waals surface area contributed by atoms with Crippen molar-refractivity contribution in [3.05, 3.63) is 40.5 Å². The smallest absolute Gasteiger partial charge is 0.417 e. The van der Waals surface area contributed by atoms with Crippen LogP contribution >= 0.6 is 0 Å². The van der Waals surface area contributed by atoms with Crippen molar-refractivity contribution in [3.8, 4) is 23.5 Å². The Morgan fingerprint density at radius 1 is 1.19 bits per heavy atom. The van der Waals surface area contributed by atoms with Crippen LogP contribution < -0.4 is 0 Å². The second-order valence-corrected chi connectivity index (χ2v) is 16.2. The van der Waals surface area contributed by atoms with Gasteiger partial charge in [0.2, 0.25) is 11.8 Å². The molecule has 0 spiro atoms. The number of rotatable bonds is 5. The van der Waals surface area contributed by atoms with E-state index >= 15 is 0 Å². The maximum atomic E-state index is 13.6. The number of ether oxygens (including phenoxy) is 1. The minimum absolute atomic E-state index is 0.0361. The summed E-state index contributed by atoms with van der Waals surface area (Å²) in [5.74, 6) is -0.989. The molecule has 36 heavy (non-hydrogen) atoms. The lowest BCUT2D eigenvalue weighted by Gasteiger charge is -2.37. The molecule has 3 N–H and O–H groups in total. The maximum absolute atomic E-state index is 13.6. The first kappa shape index (κ1) is 26.5. The van der Waals surface area contributed by atoms with Crippen LogP contribution in [0.4, 0.5) is 13.2 Å². The van der Waals surface area contributed by atoms with E-state index in [1.54, 1.807) is 6.92 Å². The molecule has 0 unspecified atom stereocenters. The summed E-state index contributed by atoms with van der Waals surface area (Å²) < 4.78 is 54.2. The van der Waals surface area contributed by atoms with Gasteiger partial charge >= 0.3 is 6.18 Å². The second-order valence-electron chi connectivity index (χ2n) is 11.4. The van der Waals surface area contributed by atoms with Crippen molar-refractivity contribution in [2.75, 3.05) is 6.61 Å². The number of hydrogen-bond acceptors (Lipinski definition) is 6. The third kappa shape index (κ3) is 3.73. The molecule has 1 aromatic heterocycles. The molecule has 11 heteroatoms. The standard InChI is InChI=1S/C25H31F3N2O5Si/c1-22(2,3)36(5,6)34-10-9-24-12-17(31)23(4,35-24)18-19(24)21(33)30(20(18)32)15-8-7-14(13-29)16(11-15)25(26,27)28/h7-8,11,17,31-33H,9-10,12H2,1-6H3/t17-,23-,24+/m1/s1. The molecule has 1 fully saturated rings. The van der Waals surface area contributed by atoms with E-state index in [9.17, 15) is 28.5 Å². The Labute approximate surface area is 208 Å². The molecule has 2 aliphatic heterocycles. The Morgan fingerprint density at radius 3 is 2.36 bits per heavy atom. The first-order valence-electron chi connectivity index (χ1n) is 11.7. The van der Waals surface area contributed by atoms with Crippen LogP contribution in [0, 0.1) is 11.3 Å². The van der Waals surface area contributed by atoms with E-state index in [4.69, 9.17) is 14.4 Å². The van der Waals surface area contributed by atoms with Crippen molar-refractivity contribution in [3.63, 3.8) is 0 Å². The molecule has 3 heterocycles. The highest BCUT2D eigenvalue weighted by atomic mass is 28.4. The molecule has 1 saturated heterocycles. The fourth-order valence-electron chi connectivity index (χ4n) is 5.06. The van der Waals surface area contributed by atoms with Gasteiger partial charge in [0.1, 0.15) is 11.2 Å². The first-order valence-corrected chi connectivity index (χ1v) is 14.6. The zero-order valence-electron chi connectivity index (χ0n) is 21.1. The molecule has 2 aliphatic rings. The van der Waals surface area contributed by atoms with E-state index in [2.05, 4.69) is 33.9 Å². The Morgan fingerprint density at radius 2 is 1.81 bits per heavy atom. The van der Waals surface area contributed by atoms with Crippen molar-refractivity contribution in [2.24, 2.45) is 0 Å². The van der Waals surface area contributed by atoms with Crippen LogP contribution in [0.1, 0.15) is 62.8 Å². The summed E-state index contributed by atoms with van der Waals surface area (Å²) in [6.45, 7) is 12.4. The highest BCUT2D eigenvalue weighted by Gasteiger charge is 2.66. The quantitative estimate of drug-likeness (QED) is 0.453. The molecular weight excluding hydrogens is 493 g/mol. The van der Waals surface area contributed by atoms with Gasteiger partial charge in [-0.3, -0.25) is 4.57 Å². The fourth-order valence-corrected chi connectivity index (χ4v) is 6.10. The van der Waals surface area contributed by atoms with Gasteiger partial charge < -0.3 is 24.5 Å². The third-order valence-electron chi connectivity index (χ3n) is 8.10. The van der Waals surface area contributed by atoms with Gasteiger partial charge in [-0.15, -0.1) is 0 Å². The summed E-state index contributed by atoms with van der Waals surface area (Å²) in [5, 5.41) is 42.3. The number of halogens is 3. The number of nitriles is 1. The normalized spacial score (nSPS) is 25.8. The summed E-state index contributed by atoms with van der Waals surface area (Å²) in [6.07, 6.45) is -5.41. The number of aliphatic hydroxyl groups excluding tert-OH is 1. The molecule has 196 valence electrons. The molecule has 0 amide bonds. The number of nitrogens with zero attached hydrogens (tertiary/aromatic N) is 2. The molecule has 1 aromatic carbocycles. The van der Waals surface area contributed by atoms with Crippen molar-refractivity contribution >= 4 is 8.32 Å². The molecular formula is C25H31F3N2O5Si. The Hall–Kier alpha value is -2.52. The lowest BCUT2D eigenvalue weighted by Crippen LogP contribution is -2.42. The van der Waals surface area contributed by atoms with E-state index < -0.39 is 54.7 Å². The third-order valence-corrected chi connectivity index (χ3v) is 12.6. The number of aliphatic hydroxyl groups is 1. The predicted molar refractivity (Wildman–Crippen MR) is 127 cm³/mol. The van der Waals surface area contributed by atoms with Gasteiger partial charge in [-0.05, 0) is 43.3 Å². The van der Waals surface area contributed by atoms with Crippen molar-refractivity contribution in [1.29, 1.82) is 5.26 Å². The maximum Gasteiger partial charge on any atom is 0.417 e. The van der Waals surface area contributed by atoms with Gasteiger partial charge in [-0.2, -0.15) is 18.4 Å². The van der Waals surface area contributed by atoms with Gasteiger partial charge in [-0.25, -0.2) is 0 Å². The number of aromatic nitrogens is 1. The number of hydrogen-bond donors (Lipinski definition) is 3. The lowest BCUT2D eigenvalue weighted by molar-refractivity contribution is -0.137. The van der Waals surface area contributed by atoms with Crippen LogP contribution in [0.15, 0.2) is 18.2 Å². The Balaban J connectivity index is 1.80. The zero-order valence-corrected chi connectivity index (χ0v) is 22.1. The molecule has 3 atom stereocenters. The number of benzene rings is 1. The summed E-state index contributed by atoms with van der Waals surface area (Å²) in [4.78, 5) is 0. The van der Waals surface area contributed by atoms with E-state index in [1.807, 2.05) is 0 Å². The van der Waals surface area contributed by atoms with Crippen molar-refractivity contribution < 1.29 is 37.7 Å². The molecule has 0 saturated carbocycles. The van der Waals surface area contributed by atoms with Gasteiger partial charge in [0.05, 0.1) is 40.1 Å². The summed E-state index contributed by atoms with van der Waals surface area (Å²) >= 11 is 0. The van der Waals surface area contributed by atoms with E-state index in [1.165, 1.54) is 12.1 Å². The molecule has 4 rings (SSSR count). The monoisotopic (exact) mass is 524 g/mol. The van der Waals surface area contributed by atoms with E-state index in [0.29, 0.717) is 6.07 Å². The molecule has 0 radical (unpaired) electrons. The van der Waals surface area contributed by atoms with Gasteiger partial charge in [0, 0.05) is 19.4 Å². The minimum atomic E-state index is -4.81. The fraction of sp³-hybridized carbons (Fsp3) is 0.560. The highest BCUT2D eigenvalue weighted by Crippen LogP contribution is 2.65. The molecule has 7 nitrogen and oxygen atoms in total. The second kappa shape index (κ2) is 7.99. The van der Waals surface area contributed by atoms with Gasteiger partial charge in [0.25, 0.3) is 0 Å². The molecule has 2 aromatic rings. The van der Waals surface area contributed by atoms with Crippen LogP contribution in [0.3, 0.4) is 0 Å². The average Bonchev–Trinajstić information content (AvgIpc) is 3.27. The topological polar surface area (TPSA) is 108 Å². The summed E-state index contributed by atoms with van der Waals surface area (Å²) in [6, 6.07) is 4.44. The Kier molecular flexibility index (Phi) is 5.89. The van der Waals surface area contributed by atoms with Crippen LogP contribution in [-0.4, -0.2) is 40.9 Å². The van der Waals surface area contributed by atoms with Crippen LogP contribution in [0.25, 0.3) is 5.69 Å². The van der Waals surface area contributed by atoms with Gasteiger partial charge in [0.15, 0.2) is 8.32 Å². The lowest BCUT2D eigenvalue weighted by atomic mass is 9.76. The molecule has 0 aliphatic carbocycles. The zero-order chi connectivity index (χ0) is 27.1. The van der Waals surface area contributed by atoms with Gasteiger partial charge in [-0.1, -0.05) is 20.8 Å². The van der Waals surface area contributed by atoms with E-state index in [0.717, 1.165) is 10.6 Å². The Bertz CT molecular complexity index is 1260. The van der Waals surface area contributed by atoms with Crippen LogP contribution in [0.2, 0.25) is 18.1 Å². The van der Waals surface area contributed by atoms with Crippen molar-refractivity contribution in [1.82, 2.24) is 4.57 Å².